The Balaban J connectivity index is 0.000000771. The number of nitrogens with zero attached hydrogens (tertiary/aromatic N) is 2. The van der Waals surface area contributed by atoms with Crippen molar-refractivity contribution in [3.8, 4) is 6.07 Å². The Labute approximate surface area is 110 Å². The Morgan fingerprint density at radius 2 is 2.28 bits per heavy atom. The monoisotopic (exact) mass is 243 g/mol. The van der Waals surface area contributed by atoms with Crippen LogP contribution in [0.3, 0.4) is 0 Å². The maximum Gasteiger partial charge on any atom is 0.0998 e. The number of aromatic nitrogens is 1. The van der Waals surface area contributed by atoms with Gasteiger partial charge in [0.05, 0.1) is 11.6 Å². The molecule has 3 heteroatoms. The fourth-order valence-electron chi connectivity index (χ4n) is 2.10. The summed E-state index contributed by atoms with van der Waals surface area (Å²) in [4.78, 5) is 4.07. The first kappa shape index (κ1) is 14.4. The molecule has 0 saturated carbocycles. The van der Waals surface area contributed by atoms with Gasteiger partial charge in [0.15, 0.2) is 0 Å². The molecule has 96 valence electrons. The van der Waals surface area contributed by atoms with Crippen LogP contribution >= 0.6 is 0 Å². The van der Waals surface area contributed by atoms with Gasteiger partial charge in [-0.1, -0.05) is 19.9 Å². The molecule has 1 aromatic heterocycles. The highest BCUT2D eigenvalue weighted by Crippen LogP contribution is 2.25. The van der Waals surface area contributed by atoms with Gasteiger partial charge in [-0.05, 0) is 37.9 Å². The van der Waals surface area contributed by atoms with Crippen LogP contribution in [0.25, 0.3) is 5.57 Å². The molecular weight excluding hydrogens is 222 g/mol. The average molecular weight is 243 g/mol. The third kappa shape index (κ3) is 3.68. The molecule has 1 atom stereocenters. The highest BCUT2D eigenvalue weighted by molar-refractivity contribution is 5.79. The zero-order valence-corrected chi connectivity index (χ0v) is 11.4. The maximum atomic E-state index is 9.26. The van der Waals surface area contributed by atoms with E-state index in [9.17, 15) is 5.26 Å². The van der Waals surface area contributed by atoms with Crippen LogP contribution in [0, 0.1) is 11.3 Å². The Morgan fingerprint density at radius 3 is 2.83 bits per heavy atom. The van der Waals surface area contributed by atoms with Crippen LogP contribution in [0.2, 0.25) is 0 Å². The molecule has 18 heavy (non-hydrogen) atoms. The van der Waals surface area contributed by atoms with Gasteiger partial charge < -0.3 is 5.32 Å². The zero-order valence-electron chi connectivity index (χ0n) is 11.4. The fraction of sp³-hybridized carbons (Fsp3) is 0.467. The summed E-state index contributed by atoms with van der Waals surface area (Å²) in [5, 5.41) is 12.6. The summed E-state index contributed by atoms with van der Waals surface area (Å²) in [5.41, 5.74) is 3.00. The van der Waals surface area contributed by atoms with Crippen LogP contribution < -0.4 is 5.32 Å². The minimum atomic E-state index is 0.462. The smallest absolute Gasteiger partial charge is 0.0998 e. The van der Waals surface area contributed by atoms with E-state index in [1.165, 1.54) is 5.57 Å². The van der Waals surface area contributed by atoms with E-state index in [0.29, 0.717) is 6.04 Å². The van der Waals surface area contributed by atoms with Crippen molar-refractivity contribution in [1.29, 1.82) is 5.26 Å². The lowest BCUT2D eigenvalue weighted by molar-refractivity contribution is 0.495. The average Bonchev–Trinajstić information content (AvgIpc) is 2.43. The van der Waals surface area contributed by atoms with Gasteiger partial charge in [0.25, 0.3) is 0 Å². The summed E-state index contributed by atoms with van der Waals surface area (Å²) in [6.07, 6.45) is 5.41. The molecule has 0 aliphatic carbocycles. The van der Waals surface area contributed by atoms with Crippen LogP contribution in [-0.2, 0) is 0 Å². The van der Waals surface area contributed by atoms with Gasteiger partial charge in [0.2, 0.25) is 0 Å². The van der Waals surface area contributed by atoms with Gasteiger partial charge in [0.1, 0.15) is 0 Å². The van der Waals surface area contributed by atoms with Gasteiger partial charge in [-0.3, -0.25) is 4.98 Å². The maximum absolute atomic E-state index is 9.26. The lowest BCUT2D eigenvalue weighted by atomic mass is 9.92. The van der Waals surface area contributed by atoms with Crippen LogP contribution in [-0.4, -0.2) is 17.6 Å². The summed E-state index contributed by atoms with van der Waals surface area (Å²) in [7, 11) is 0. The van der Waals surface area contributed by atoms with Gasteiger partial charge >= 0.3 is 0 Å². The van der Waals surface area contributed by atoms with E-state index >= 15 is 0 Å². The fourth-order valence-corrected chi connectivity index (χ4v) is 2.10. The molecule has 1 N–H and O–H groups in total. The van der Waals surface area contributed by atoms with E-state index in [1.807, 2.05) is 26.0 Å². The van der Waals surface area contributed by atoms with Crippen molar-refractivity contribution in [2.24, 2.45) is 0 Å². The summed E-state index contributed by atoms with van der Waals surface area (Å²) >= 11 is 0. The van der Waals surface area contributed by atoms with Crippen molar-refractivity contribution in [1.82, 2.24) is 10.3 Å². The molecule has 1 saturated heterocycles. The summed E-state index contributed by atoms with van der Waals surface area (Å²) in [5.74, 6) is 0. The first-order chi connectivity index (χ1) is 8.81. The Morgan fingerprint density at radius 1 is 1.50 bits per heavy atom. The SMILES string of the molecule is CC.CC1C/C(=C(/C#N)c2cccnc2)CCN1. The Hall–Kier alpha value is -1.66. The first-order valence-electron chi connectivity index (χ1n) is 6.57. The Kier molecular flexibility index (Phi) is 6.10. The molecule has 2 rings (SSSR count). The summed E-state index contributed by atoms with van der Waals surface area (Å²) in [6.45, 7) is 7.11. The van der Waals surface area contributed by atoms with Crippen molar-refractivity contribution in [2.45, 2.75) is 39.7 Å². The van der Waals surface area contributed by atoms with Gasteiger partial charge in [0, 0.05) is 24.0 Å². The van der Waals surface area contributed by atoms with Crippen LogP contribution in [0.1, 0.15) is 39.2 Å². The molecule has 0 bridgehead atoms. The molecule has 1 unspecified atom stereocenters. The van der Waals surface area contributed by atoms with Crippen LogP contribution in [0.15, 0.2) is 30.1 Å². The molecule has 1 aromatic rings. The second-order valence-corrected chi connectivity index (χ2v) is 4.14. The lowest BCUT2D eigenvalue weighted by Gasteiger charge is -2.23. The standard InChI is InChI=1S/C13H15N3.C2H6/c1-10-7-11(4-6-16-10)13(8-14)12-3-2-5-15-9-12;1-2/h2-3,5,9-10,16H,4,6-7H2,1H3;1-2H3/b13-11-;. The molecule has 1 aliphatic heterocycles. The number of piperidine rings is 1. The zero-order chi connectivity index (χ0) is 13.4. The van der Waals surface area contributed by atoms with Crippen molar-refractivity contribution in [3.63, 3.8) is 0 Å². The van der Waals surface area contributed by atoms with Gasteiger partial charge in [-0.2, -0.15) is 5.26 Å². The number of rotatable bonds is 1. The normalized spacial score (nSPS) is 21.3. The molecule has 0 spiro atoms. The largest absolute Gasteiger partial charge is 0.314 e. The highest BCUT2D eigenvalue weighted by atomic mass is 14.9. The quantitative estimate of drug-likeness (QED) is 0.771. The van der Waals surface area contributed by atoms with E-state index in [-0.39, 0.29) is 0 Å². The predicted molar refractivity (Wildman–Crippen MR) is 74.8 cm³/mol. The van der Waals surface area contributed by atoms with E-state index in [2.05, 4.69) is 23.3 Å². The topological polar surface area (TPSA) is 48.7 Å². The molecule has 0 radical (unpaired) electrons. The van der Waals surface area contributed by atoms with Crippen LogP contribution in [0.4, 0.5) is 0 Å². The second-order valence-electron chi connectivity index (χ2n) is 4.14. The van der Waals surface area contributed by atoms with Crippen molar-refractivity contribution >= 4 is 5.57 Å². The minimum Gasteiger partial charge on any atom is -0.314 e. The third-order valence-corrected chi connectivity index (χ3v) is 2.89. The molecule has 0 amide bonds. The Bertz CT molecular complexity index is 429. The van der Waals surface area contributed by atoms with E-state index < -0.39 is 0 Å². The molecular formula is C15H21N3. The number of pyridine rings is 1. The lowest BCUT2D eigenvalue weighted by Crippen LogP contribution is -2.32. The molecule has 1 aliphatic rings. The number of nitrogens with one attached hydrogen (secondary N) is 1. The first-order valence-corrected chi connectivity index (χ1v) is 6.57. The summed E-state index contributed by atoms with van der Waals surface area (Å²) < 4.78 is 0. The van der Waals surface area contributed by atoms with E-state index in [1.54, 1.807) is 12.4 Å². The van der Waals surface area contributed by atoms with Crippen LogP contribution in [0.5, 0.6) is 0 Å². The second kappa shape index (κ2) is 7.62. The van der Waals surface area contributed by atoms with Gasteiger partial charge in [-0.15, -0.1) is 0 Å². The number of hydrogen-bond acceptors (Lipinski definition) is 3. The molecule has 2 heterocycles. The predicted octanol–water partition coefficient (Wildman–Crippen LogP) is 3.16. The third-order valence-electron chi connectivity index (χ3n) is 2.89. The van der Waals surface area contributed by atoms with Gasteiger partial charge in [-0.25, -0.2) is 0 Å². The van der Waals surface area contributed by atoms with Crippen molar-refractivity contribution in [2.75, 3.05) is 6.54 Å². The molecule has 1 fully saturated rings. The molecule has 3 nitrogen and oxygen atoms in total. The van der Waals surface area contributed by atoms with E-state index in [4.69, 9.17) is 0 Å². The minimum absolute atomic E-state index is 0.462. The van der Waals surface area contributed by atoms with Crippen molar-refractivity contribution < 1.29 is 0 Å². The molecule has 0 aromatic carbocycles. The van der Waals surface area contributed by atoms with E-state index in [0.717, 1.165) is 30.5 Å². The van der Waals surface area contributed by atoms with Crippen molar-refractivity contribution in [3.05, 3.63) is 35.7 Å². The highest BCUT2D eigenvalue weighted by Gasteiger charge is 2.16. The number of nitriles is 1. The summed E-state index contributed by atoms with van der Waals surface area (Å²) in [6, 6.07) is 6.60. The number of hydrogen-bond donors (Lipinski definition) is 1. The number of allylic oxidation sites excluding steroid dienone is 1.